The molecular formula is C20H28N4O2S2. The van der Waals surface area contributed by atoms with Crippen LogP contribution >= 0.6 is 23.1 Å². The zero-order chi connectivity index (χ0) is 19.9. The van der Waals surface area contributed by atoms with Crippen LogP contribution in [0.2, 0.25) is 0 Å². The number of carbonyl (C=O) groups excluding carboxylic acids is 1. The second-order valence-corrected chi connectivity index (χ2v) is 8.99. The Kier molecular flexibility index (Phi) is 7.70. The Bertz CT molecular complexity index is 815. The van der Waals surface area contributed by atoms with E-state index in [4.69, 9.17) is 4.74 Å². The number of nitrogens with zero attached hydrogens (tertiary/aromatic N) is 3. The fourth-order valence-electron chi connectivity index (χ4n) is 3.40. The maximum absolute atomic E-state index is 12.0. The van der Waals surface area contributed by atoms with Crippen LogP contribution in [0.5, 0.6) is 0 Å². The number of fused-ring (bicyclic) bond motifs is 1. The van der Waals surface area contributed by atoms with Gasteiger partial charge < -0.3 is 10.1 Å². The predicted molar refractivity (Wildman–Crippen MR) is 115 cm³/mol. The van der Waals surface area contributed by atoms with E-state index in [9.17, 15) is 4.79 Å². The molecule has 1 aliphatic carbocycles. The number of rotatable bonds is 10. The number of hydrogen-bond acceptors (Lipinski definition) is 6. The molecule has 2 heterocycles. The molecule has 0 unspecified atom stereocenters. The lowest BCUT2D eigenvalue weighted by Gasteiger charge is -2.19. The molecule has 1 aliphatic rings. The van der Waals surface area contributed by atoms with Crippen LogP contribution in [0.25, 0.3) is 10.7 Å². The van der Waals surface area contributed by atoms with Gasteiger partial charge in [-0.25, -0.2) is 0 Å². The first-order valence-corrected chi connectivity index (χ1v) is 11.5. The zero-order valence-electron chi connectivity index (χ0n) is 16.6. The number of thioether (sulfide) groups is 1. The van der Waals surface area contributed by atoms with Gasteiger partial charge in [-0.2, -0.15) is 0 Å². The first-order chi connectivity index (χ1) is 13.7. The van der Waals surface area contributed by atoms with Crippen molar-refractivity contribution >= 4 is 29.0 Å². The highest BCUT2D eigenvalue weighted by atomic mass is 32.2. The Hall–Kier alpha value is -1.64. The standard InChI is InChI=1S/C20H28N4O2S2/c1-4-9-24-19(17-12-15-11-14(5-2)6-7-16(15)28-17)22-23-20(24)27-13-18(25)21-8-10-26-3/h4,12,14H,1,5-11,13H2,2-3H3,(H,21,25)/t14-/m0/s1. The van der Waals surface area contributed by atoms with Crippen molar-refractivity contribution in [1.29, 1.82) is 0 Å². The third kappa shape index (κ3) is 5.04. The van der Waals surface area contributed by atoms with Crippen molar-refractivity contribution in [2.45, 2.75) is 44.3 Å². The van der Waals surface area contributed by atoms with E-state index in [-0.39, 0.29) is 5.91 Å². The van der Waals surface area contributed by atoms with Crippen LogP contribution < -0.4 is 5.32 Å². The third-order valence-corrected chi connectivity index (χ3v) is 7.17. The molecule has 2 aromatic heterocycles. The quantitative estimate of drug-likeness (QED) is 0.362. The van der Waals surface area contributed by atoms with Crippen LogP contribution in [-0.2, 0) is 28.9 Å². The van der Waals surface area contributed by atoms with Gasteiger partial charge in [0.25, 0.3) is 0 Å². The van der Waals surface area contributed by atoms with Gasteiger partial charge in [0.1, 0.15) is 0 Å². The van der Waals surface area contributed by atoms with E-state index < -0.39 is 0 Å². The minimum atomic E-state index is -0.0334. The molecule has 0 saturated heterocycles. The summed E-state index contributed by atoms with van der Waals surface area (Å²) in [6.45, 7) is 7.79. The number of hydrogen-bond donors (Lipinski definition) is 1. The molecular weight excluding hydrogens is 392 g/mol. The second-order valence-electron chi connectivity index (χ2n) is 6.91. The molecule has 3 rings (SSSR count). The number of amides is 1. The minimum absolute atomic E-state index is 0.0334. The summed E-state index contributed by atoms with van der Waals surface area (Å²) < 4.78 is 7.00. The summed E-state index contributed by atoms with van der Waals surface area (Å²) in [6, 6.07) is 2.29. The Morgan fingerprint density at radius 3 is 3.14 bits per heavy atom. The van der Waals surface area contributed by atoms with Gasteiger partial charge in [-0.1, -0.05) is 31.2 Å². The van der Waals surface area contributed by atoms with Gasteiger partial charge in [0.2, 0.25) is 5.91 Å². The van der Waals surface area contributed by atoms with E-state index in [0.29, 0.717) is 25.4 Å². The molecule has 0 spiro atoms. The van der Waals surface area contributed by atoms with Crippen LogP contribution in [0.4, 0.5) is 0 Å². The van der Waals surface area contributed by atoms with Crippen molar-refractivity contribution < 1.29 is 9.53 Å². The van der Waals surface area contributed by atoms with Gasteiger partial charge >= 0.3 is 0 Å². The molecule has 1 N–H and O–H groups in total. The molecule has 0 aromatic carbocycles. The largest absolute Gasteiger partial charge is 0.383 e. The molecule has 0 bridgehead atoms. The summed E-state index contributed by atoms with van der Waals surface area (Å²) in [5, 5.41) is 12.4. The number of thiophene rings is 1. The van der Waals surface area contributed by atoms with Gasteiger partial charge in [0.15, 0.2) is 11.0 Å². The van der Waals surface area contributed by atoms with Crippen LogP contribution in [0.15, 0.2) is 23.9 Å². The number of allylic oxidation sites excluding steroid dienone is 1. The summed E-state index contributed by atoms with van der Waals surface area (Å²) in [6.07, 6.45) is 6.70. The van der Waals surface area contributed by atoms with Crippen molar-refractivity contribution in [2.75, 3.05) is 26.0 Å². The van der Waals surface area contributed by atoms with Crippen molar-refractivity contribution in [3.63, 3.8) is 0 Å². The number of ether oxygens (including phenoxy) is 1. The highest BCUT2D eigenvalue weighted by molar-refractivity contribution is 7.99. The number of nitrogens with one attached hydrogen (secondary N) is 1. The van der Waals surface area contributed by atoms with Crippen LogP contribution in [0, 0.1) is 5.92 Å². The average Bonchev–Trinajstić information content (AvgIpc) is 3.30. The van der Waals surface area contributed by atoms with Crippen molar-refractivity contribution in [1.82, 2.24) is 20.1 Å². The lowest BCUT2D eigenvalue weighted by molar-refractivity contribution is -0.118. The third-order valence-electron chi connectivity index (χ3n) is 4.97. The van der Waals surface area contributed by atoms with Gasteiger partial charge in [-0.15, -0.1) is 28.1 Å². The summed E-state index contributed by atoms with van der Waals surface area (Å²) in [5.41, 5.74) is 1.47. The van der Waals surface area contributed by atoms with Crippen molar-refractivity contribution in [3.8, 4) is 10.7 Å². The van der Waals surface area contributed by atoms with E-state index in [1.54, 1.807) is 7.11 Å². The van der Waals surface area contributed by atoms with Gasteiger partial charge in [0.05, 0.1) is 17.2 Å². The summed E-state index contributed by atoms with van der Waals surface area (Å²) in [7, 11) is 1.62. The normalized spacial score (nSPS) is 16.0. The molecule has 0 fully saturated rings. The second kappa shape index (κ2) is 10.2. The van der Waals surface area contributed by atoms with Gasteiger partial charge in [0, 0.05) is 25.1 Å². The van der Waals surface area contributed by atoms with Crippen LogP contribution in [0.1, 0.15) is 30.2 Å². The molecule has 2 aromatic rings. The minimum Gasteiger partial charge on any atom is -0.383 e. The fraction of sp³-hybridized carbons (Fsp3) is 0.550. The summed E-state index contributed by atoms with van der Waals surface area (Å²) in [5.74, 6) is 1.94. The first kappa shape index (κ1) is 21.1. The van der Waals surface area contributed by atoms with Crippen molar-refractivity contribution in [2.24, 2.45) is 5.92 Å². The van der Waals surface area contributed by atoms with Crippen LogP contribution in [0.3, 0.4) is 0 Å². The average molecular weight is 421 g/mol. The monoisotopic (exact) mass is 420 g/mol. The summed E-state index contributed by atoms with van der Waals surface area (Å²) in [4.78, 5) is 14.6. The molecule has 6 nitrogen and oxygen atoms in total. The Morgan fingerprint density at radius 1 is 1.54 bits per heavy atom. The summed E-state index contributed by atoms with van der Waals surface area (Å²) >= 11 is 3.23. The van der Waals surface area contributed by atoms with E-state index in [1.807, 2.05) is 17.4 Å². The van der Waals surface area contributed by atoms with E-state index >= 15 is 0 Å². The van der Waals surface area contributed by atoms with Crippen LogP contribution in [-0.4, -0.2) is 46.7 Å². The van der Waals surface area contributed by atoms with Crippen molar-refractivity contribution in [3.05, 3.63) is 29.2 Å². The van der Waals surface area contributed by atoms with E-state index in [1.165, 1.54) is 41.5 Å². The molecule has 0 radical (unpaired) electrons. The molecule has 1 atom stereocenters. The lowest BCUT2D eigenvalue weighted by atomic mass is 9.87. The Labute approximate surface area is 174 Å². The maximum atomic E-state index is 12.0. The number of aromatic nitrogens is 3. The predicted octanol–water partition coefficient (Wildman–Crippen LogP) is 3.56. The lowest BCUT2D eigenvalue weighted by Crippen LogP contribution is -2.28. The molecule has 28 heavy (non-hydrogen) atoms. The van der Waals surface area contributed by atoms with Gasteiger partial charge in [-0.3, -0.25) is 9.36 Å². The maximum Gasteiger partial charge on any atom is 0.230 e. The zero-order valence-corrected chi connectivity index (χ0v) is 18.2. The number of methoxy groups -OCH3 is 1. The molecule has 1 amide bonds. The molecule has 0 saturated carbocycles. The van der Waals surface area contributed by atoms with E-state index in [0.717, 1.165) is 28.2 Å². The Morgan fingerprint density at radius 2 is 2.39 bits per heavy atom. The topological polar surface area (TPSA) is 69.0 Å². The fourth-order valence-corrected chi connectivity index (χ4v) is 5.38. The first-order valence-electron chi connectivity index (χ1n) is 9.70. The SMILES string of the molecule is C=CCn1c(SCC(=O)NCCOC)nnc1-c1cc2c(s1)CC[C@H](CC)C2. The molecule has 0 aliphatic heterocycles. The molecule has 152 valence electrons. The number of aryl methyl sites for hydroxylation is 1. The highest BCUT2D eigenvalue weighted by Crippen LogP contribution is 2.38. The molecule has 8 heteroatoms. The Balaban J connectivity index is 1.73. The van der Waals surface area contributed by atoms with Gasteiger partial charge in [-0.05, 0) is 36.8 Å². The highest BCUT2D eigenvalue weighted by Gasteiger charge is 2.23. The number of carbonyl (C=O) groups is 1. The van der Waals surface area contributed by atoms with E-state index in [2.05, 4.69) is 39.7 Å². The smallest absolute Gasteiger partial charge is 0.230 e.